The zero-order valence-corrected chi connectivity index (χ0v) is 14.3. The molecule has 1 saturated heterocycles. The Labute approximate surface area is 150 Å². The van der Waals surface area contributed by atoms with E-state index in [1.165, 1.54) is 12.1 Å². The summed E-state index contributed by atoms with van der Waals surface area (Å²) in [7, 11) is 0. The molecule has 1 aliphatic heterocycles. The summed E-state index contributed by atoms with van der Waals surface area (Å²) in [5, 5.41) is 9.64. The largest absolute Gasteiger partial charge is 0.488 e. The second-order valence-corrected chi connectivity index (χ2v) is 6.44. The minimum absolute atomic E-state index is 0.0280. The van der Waals surface area contributed by atoms with E-state index in [2.05, 4.69) is 0 Å². The molecule has 1 unspecified atom stereocenters. The first kappa shape index (κ1) is 17.3. The molecule has 0 spiro atoms. The first-order valence-electron chi connectivity index (χ1n) is 8.03. The number of carboxylic acid groups (broad SMARTS) is 1. The molecule has 1 amide bonds. The van der Waals surface area contributed by atoms with Gasteiger partial charge < -0.3 is 14.7 Å². The number of rotatable bonds is 5. The second-order valence-electron chi connectivity index (χ2n) is 6.01. The third-order valence-electron chi connectivity index (χ3n) is 4.13. The Morgan fingerprint density at radius 3 is 2.76 bits per heavy atom. The van der Waals surface area contributed by atoms with Gasteiger partial charge in [-0.3, -0.25) is 4.79 Å². The molecule has 0 aromatic heterocycles. The fourth-order valence-corrected chi connectivity index (χ4v) is 3.06. The average molecular weight is 360 g/mol. The van der Waals surface area contributed by atoms with Crippen LogP contribution in [0.5, 0.6) is 5.75 Å². The van der Waals surface area contributed by atoms with Crippen molar-refractivity contribution in [3.05, 3.63) is 64.7 Å². The maximum Gasteiger partial charge on any atom is 0.335 e. The number of halogens is 1. The maximum atomic E-state index is 12.4. The van der Waals surface area contributed by atoms with Crippen molar-refractivity contribution in [3.63, 3.8) is 0 Å². The minimum Gasteiger partial charge on any atom is -0.488 e. The van der Waals surface area contributed by atoms with Gasteiger partial charge in [0.05, 0.1) is 18.5 Å². The molecule has 1 heterocycles. The number of ether oxygens (including phenoxy) is 1. The quantitative estimate of drug-likeness (QED) is 0.889. The molecule has 2 aromatic rings. The summed E-state index contributed by atoms with van der Waals surface area (Å²) in [4.78, 5) is 25.2. The predicted molar refractivity (Wildman–Crippen MR) is 94.2 cm³/mol. The van der Waals surface area contributed by atoms with Crippen molar-refractivity contribution in [1.82, 2.24) is 4.90 Å². The van der Waals surface area contributed by atoms with Crippen LogP contribution in [0.3, 0.4) is 0 Å². The highest BCUT2D eigenvalue weighted by Gasteiger charge is 2.27. The topological polar surface area (TPSA) is 66.8 Å². The third-order valence-corrected chi connectivity index (χ3v) is 4.36. The fraction of sp³-hybridized carbons (Fsp3) is 0.263. The Balaban J connectivity index is 1.57. The molecule has 5 nitrogen and oxygen atoms in total. The molecule has 0 saturated carbocycles. The van der Waals surface area contributed by atoms with Crippen LogP contribution in [-0.4, -0.2) is 41.1 Å². The first-order valence-corrected chi connectivity index (χ1v) is 8.41. The van der Waals surface area contributed by atoms with Gasteiger partial charge in [0, 0.05) is 18.0 Å². The third kappa shape index (κ3) is 4.51. The number of benzene rings is 2. The molecule has 130 valence electrons. The Hall–Kier alpha value is -2.53. The van der Waals surface area contributed by atoms with Gasteiger partial charge in [-0.25, -0.2) is 4.79 Å². The van der Waals surface area contributed by atoms with E-state index in [9.17, 15) is 9.59 Å². The number of carbonyl (C=O) groups is 2. The lowest BCUT2D eigenvalue weighted by atomic mass is 10.1. The molecular formula is C19H18ClNO4. The number of aromatic carboxylic acids is 1. The van der Waals surface area contributed by atoms with Crippen molar-refractivity contribution in [2.24, 2.45) is 0 Å². The lowest BCUT2D eigenvalue weighted by Gasteiger charge is -2.17. The maximum absolute atomic E-state index is 12.4. The van der Waals surface area contributed by atoms with Crippen molar-refractivity contribution in [2.75, 3.05) is 13.1 Å². The predicted octanol–water partition coefficient (Wildman–Crippen LogP) is 3.26. The summed E-state index contributed by atoms with van der Waals surface area (Å²) in [6.45, 7) is 1.15. The summed E-state index contributed by atoms with van der Waals surface area (Å²) in [5.41, 5.74) is 0.887. The van der Waals surface area contributed by atoms with Crippen LogP contribution in [0.2, 0.25) is 5.02 Å². The van der Waals surface area contributed by atoms with Crippen LogP contribution in [0, 0.1) is 0 Å². The van der Waals surface area contributed by atoms with Crippen molar-refractivity contribution < 1.29 is 19.4 Å². The fourth-order valence-electron chi connectivity index (χ4n) is 2.88. The summed E-state index contributed by atoms with van der Waals surface area (Å²) in [6, 6.07) is 13.7. The molecule has 0 aliphatic carbocycles. The number of carboxylic acids is 1. The number of carbonyl (C=O) groups excluding carboxylic acids is 1. The lowest BCUT2D eigenvalue weighted by Crippen LogP contribution is -2.32. The highest BCUT2D eigenvalue weighted by Crippen LogP contribution is 2.22. The molecule has 1 fully saturated rings. The summed E-state index contributed by atoms with van der Waals surface area (Å²) in [5.74, 6) is -0.328. The number of hydrogen-bond acceptors (Lipinski definition) is 3. The standard InChI is InChI=1S/C19H18ClNO4/c20-15-5-2-6-16(11-15)25-17-7-8-21(12-17)18(22)10-13-3-1-4-14(9-13)19(23)24/h1-6,9,11,17H,7-8,10,12H2,(H,23,24). The van der Waals surface area contributed by atoms with Gasteiger partial charge in [-0.2, -0.15) is 0 Å². The van der Waals surface area contributed by atoms with E-state index in [-0.39, 0.29) is 24.0 Å². The Morgan fingerprint density at radius 1 is 1.20 bits per heavy atom. The van der Waals surface area contributed by atoms with E-state index in [1.807, 2.05) is 12.1 Å². The Morgan fingerprint density at radius 2 is 2.00 bits per heavy atom. The van der Waals surface area contributed by atoms with Gasteiger partial charge in [0.1, 0.15) is 11.9 Å². The monoisotopic (exact) mass is 359 g/mol. The zero-order chi connectivity index (χ0) is 17.8. The van der Waals surface area contributed by atoms with Gasteiger partial charge in [0.25, 0.3) is 0 Å². The normalized spacial score (nSPS) is 16.7. The smallest absolute Gasteiger partial charge is 0.335 e. The van der Waals surface area contributed by atoms with Gasteiger partial charge in [-0.1, -0.05) is 29.8 Å². The van der Waals surface area contributed by atoms with Crippen LogP contribution < -0.4 is 4.74 Å². The molecule has 0 bridgehead atoms. The number of hydrogen-bond donors (Lipinski definition) is 1. The summed E-state index contributed by atoms with van der Waals surface area (Å²) >= 11 is 5.95. The highest BCUT2D eigenvalue weighted by molar-refractivity contribution is 6.30. The van der Waals surface area contributed by atoms with Gasteiger partial charge in [0.2, 0.25) is 5.91 Å². The number of likely N-dealkylation sites (tertiary alicyclic amines) is 1. The molecule has 2 aromatic carbocycles. The lowest BCUT2D eigenvalue weighted by molar-refractivity contribution is -0.129. The molecule has 1 atom stereocenters. The Kier molecular flexibility index (Phi) is 5.24. The van der Waals surface area contributed by atoms with E-state index < -0.39 is 5.97 Å². The number of amides is 1. The summed E-state index contributed by atoms with van der Waals surface area (Å²) in [6.07, 6.45) is 0.881. The number of nitrogens with zero attached hydrogens (tertiary/aromatic N) is 1. The van der Waals surface area contributed by atoms with Crippen molar-refractivity contribution in [1.29, 1.82) is 0 Å². The van der Waals surface area contributed by atoms with Crippen LogP contribution >= 0.6 is 11.6 Å². The molecule has 0 radical (unpaired) electrons. The van der Waals surface area contributed by atoms with Gasteiger partial charge in [-0.15, -0.1) is 0 Å². The van der Waals surface area contributed by atoms with Crippen LogP contribution in [0.25, 0.3) is 0 Å². The Bertz CT molecular complexity index is 792. The minimum atomic E-state index is -0.995. The summed E-state index contributed by atoms with van der Waals surface area (Å²) < 4.78 is 5.88. The molecule has 25 heavy (non-hydrogen) atoms. The van der Waals surface area contributed by atoms with Crippen molar-refractivity contribution in [2.45, 2.75) is 18.9 Å². The molecule has 1 aliphatic rings. The SMILES string of the molecule is O=C(O)c1cccc(CC(=O)N2CCC(Oc3cccc(Cl)c3)C2)c1. The van der Waals surface area contributed by atoms with Gasteiger partial charge in [-0.05, 0) is 35.9 Å². The zero-order valence-electron chi connectivity index (χ0n) is 13.5. The van der Waals surface area contributed by atoms with Crippen molar-refractivity contribution in [3.8, 4) is 5.75 Å². The molecule has 1 N–H and O–H groups in total. The van der Waals surface area contributed by atoms with Crippen LogP contribution in [-0.2, 0) is 11.2 Å². The molecule has 6 heteroatoms. The van der Waals surface area contributed by atoms with Crippen molar-refractivity contribution >= 4 is 23.5 Å². The van der Waals surface area contributed by atoms with E-state index >= 15 is 0 Å². The van der Waals surface area contributed by atoms with Crippen LogP contribution in [0.4, 0.5) is 0 Å². The highest BCUT2D eigenvalue weighted by atomic mass is 35.5. The van der Waals surface area contributed by atoms with E-state index in [0.717, 1.165) is 6.42 Å². The molecule has 3 rings (SSSR count). The molecular weight excluding hydrogens is 342 g/mol. The van der Waals surface area contributed by atoms with Crippen LogP contribution in [0.15, 0.2) is 48.5 Å². The van der Waals surface area contributed by atoms with E-state index in [1.54, 1.807) is 29.2 Å². The van der Waals surface area contributed by atoms with E-state index in [0.29, 0.717) is 29.4 Å². The average Bonchev–Trinajstić information content (AvgIpc) is 3.04. The van der Waals surface area contributed by atoms with Crippen LogP contribution in [0.1, 0.15) is 22.3 Å². The first-order chi connectivity index (χ1) is 12.0. The van der Waals surface area contributed by atoms with Gasteiger partial charge >= 0.3 is 5.97 Å². The van der Waals surface area contributed by atoms with Gasteiger partial charge in [0.15, 0.2) is 0 Å². The second kappa shape index (κ2) is 7.57. The van der Waals surface area contributed by atoms with E-state index in [4.69, 9.17) is 21.4 Å².